The van der Waals surface area contributed by atoms with Crippen molar-refractivity contribution >= 4 is 0 Å². The number of aromatic nitrogens is 3. The van der Waals surface area contributed by atoms with Gasteiger partial charge < -0.3 is 9.88 Å². The summed E-state index contributed by atoms with van der Waals surface area (Å²) in [4.78, 5) is 0. The molecule has 0 fully saturated rings. The fraction of sp³-hybridized carbons (Fsp3) is 0.417. The lowest BCUT2D eigenvalue weighted by Crippen LogP contribution is -2.28. The van der Waals surface area contributed by atoms with Crippen molar-refractivity contribution < 1.29 is 0 Å². The predicted molar refractivity (Wildman–Crippen MR) is 62.7 cm³/mol. The van der Waals surface area contributed by atoms with Crippen LogP contribution in [0.4, 0.5) is 0 Å². The second-order valence-electron chi connectivity index (χ2n) is 4.35. The normalized spacial score (nSPS) is 15.1. The third-order valence-electron chi connectivity index (χ3n) is 3.16. The highest BCUT2D eigenvalue weighted by atomic mass is 15.3. The van der Waals surface area contributed by atoms with Gasteiger partial charge in [0.2, 0.25) is 0 Å². The van der Waals surface area contributed by atoms with Gasteiger partial charge in [0.05, 0.1) is 12.2 Å². The van der Waals surface area contributed by atoms with Crippen molar-refractivity contribution in [2.45, 2.75) is 26.9 Å². The maximum Gasteiger partial charge on any atom is 0.159 e. The molecule has 84 valence electrons. The first-order valence-corrected chi connectivity index (χ1v) is 5.68. The van der Waals surface area contributed by atoms with Gasteiger partial charge in [-0.2, -0.15) is 5.10 Å². The van der Waals surface area contributed by atoms with Crippen LogP contribution in [0, 0.1) is 13.8 Å². The van der Waals surface area contributed by atoms with Gasteiger partial charge in [-0.3, -0.25) is 4.68 Å². The molecule has 3 heterocycles. The summed E-state index contributed by atoms with van der Waals surface area (Å²) in [5.41, 5.74) is 3.75. The summed E-state index contributed by atoms with van der Waals surface area (Å²) in [5.74, 6) is 1.04. The van der Waals surface area contributed by atoms with Crippen LogP contribution in [0.2, 0.25) is 0 Å². The summed E-state index contributed by atoms with van der Waals surface area (Å²) in [6.45, 7) is 7.13. The van der Waals surface area contributed by atoms with Crippen molar-refractivity contribution in [2.24, 2.45) is 0 Å². The number of hydrogen-bond donors (Lipinski definition) is 1. The van der Waals surface area contributed by atoms with E-state index in [1.807, 2.05) is 0 Å². The fourth-order valence-electron chi connectivity index (χ4n) is 2.32. The molecule has 16 heavy (non-hydrogen) atoms. The van der Waals surface area contributed by atoms with Crippen LogP contribution in [-0.2, 0) is 13.1 Å². The van der Waals surface area contributed by atoms with E-state index in [-0.39, 0.29) is 0 Å². The smallest absolute Gasteiger partial charge is 0.159 e. The highest BCUT2D eigenvalue weighted by molar-refractivity contribution is 5.33. The van der Waals surface area contributed by atoms with Gasteiger partial charge in [-0.05, 0) is 26.0 Å². The first-order valence-electron chi connectivity index (χ1n) is 5.68. The molecule has 0 radical (unpaired) electrons. The van der Waals surface area contributed by atoms with Crippen LogP contribution >= 0.6 is 0 Å². The lowest BCUT2D eigenvalue weighted by Gasteiger charge is -2.13. The van der Waals surface area contributed by atoms with Crippen LogP contribution in [0.3, 0.4) is 0 Å². The molecule has 0 bridgehead atoms. The van der Waals surface area contributed by atoms with Crippen molar-refractivity contribution in [2.75, 3.05) is 6.54 Å². The Hall–Kier alpha value is -1.55. The molecule has 0 unspecified atom stereocenters. The van der Waals surface area contributed by atoms with E-state index in [1.165, 1.54) is 17.1 Å². The summed E-state index contributed by atoms with van der Waals surface area (Å²) in [6.07, 6.45) is 0. The summed E-state index contributed by atoms with van der Waals surface area (Å²) in [7, 11) is 0. The van der Waals surface area contributed by atoms with Crippen molar-refractivity contribution in [1.29, 1.82) is 0 Å². The van der Waals surface area contributed by atoms with Crippen molar-refractivity contribution in [1.82, 2.24) is 19.7 Å². The second kappa shape index (κ2) is 3.49. The highest BCUT2D eigenvalue weighted by Gasteiger charge is 2.14. The minimum atomic E-state index is 0.923. The summed E-state index contributed by atoms with van der Waals surface area (Å²) >= 11 is 0. The van der Waals surface area contributed by atoms with Crippen LogP contribution in [0.1, 0.15) is 17.1 Å². The van der Waals surface area contributed by atoms with Crippen molar-refractivity contribution in [3.63, 3.8) is 0 Å². The van der Waals surface area contributed by atoms with Crippen molar-refractivity contribution in [3.05, 3.63) is 35.3 Å². The van der Waals surface area contributed by atoms with E-state index in [0.717, 1.165) is 25.5 Å². The summed E-state index contributed by atoms with van der Waals surface area (Å²) < 4.78 is 4.30. The van der Waals surface area contributed by atoms with Crippen LogP contribution in [-0.4, -0.2) is 20.9 Å². The lowest BCUT2D eigenvalue weighted by molar-refractivity contribution is 0.474. The van der Waals surface area contributed by atoms with Gasteiger partial charge in [-0.25, -0.2) is 0 Å². The number of nitrogens with zero attached hydrogens (tertiary/aromatic N) is 3. The monoisotopic (exact) mass is 216 g/mol. The number of hydrogen-bond acceptors (Lipinski definition) is 2. The Bertz CT molecular complexity index is 478. The van der Waals surface area contributed by atoms with E-state index in [4.69, 9.17) is 0 Å². The van der Waals surface area contributed by atoms with Gasteiger partial charge in [0.15, 0.2) is 5.82 Å². The Kier molecular flexibility index (Phi) is 2.11. The molecule has 1 aliphatic heterocycles. The lowest BCUT2D eigenvalue weighted by atomic mass is 10.3. The maximum absolute atomic E-state index is 4.65. The standard InChI is InChI=1S/C12H16N4/c1-9-3-4-10(2)16(9)12-7-11-8-13-5-6-15(11)14-12/h3-4,7,13H,5-6,8H2,1-2H3. The highest BCUT2D eigenvalue weighted by Crippen LogP contribution is 2.17. The zero-order valence-electron chi connectivity index (χ0n) is 9.70. The molecule has 0 aromatic carbocycles. The topological polar surface area (TPSA) is 34.8 Å². The number of aryl methyl sites for hydroxylation is 2. The van der Waals surface area contributed by atoms with E-state index in [1.54, 1.807) is 0 Å². The van der Waals surface area contributed by atoms with E-state index in [9.17, 15) is 0 Å². The molecule has 3 rings (SSSR count). The molecule has 2 aromatic rings. The quantitative estimate of drug-likeness (QED) is 0.782. The molecule has 0 saturated heterocycles. The van der Waals surface area contributed by atoms with E-state index < -0.39 is 0 Å². The Labute approximate surface area is 94.9 Å². The first-order chi connectivity index (χ1) is 7.75. The minimum Gasteiger partial charge on any atom is -0.309 e. The number of nitrogens with one attached hydrogen (secondary N) is 1. The molecule has 0 atom stereocenters. The van der Waals surface area contributed by atoms with Crippen LogP contribution in [0.5, 0.6) is 0 Å². The molecule has 0 saturated carbocycles. The Morgan fingerprint density at radius 2 is 2.00 bits per heavy atom. The minimum absolute atomic E-state index is 0.923. The average molecular weight is 216 g/mol. The fourth-order valence-corrected chi connectivity index (χ4v) is 2.32. The molecule has 4 heteroatoms. The van der Waals surface area contributed by atoms with Gasteiger partial charge in [-0.15, -0.1) is 0 Å². The third kappa shape index (κ3) is 1.38. The van der Waals surface area contributed by atoms with Crippen LogP contribution in [0.15, 0.2) is 18.2 Å². The molecule has 0 spiro atoms. The van der Waals surface area contributed by atoms with Gasteiger partial charge in [0, 0.05) is 30.5 Å². The molecular formula is C12H16N4. The Morgan fingerprint density at radius 3 is 2.69 bits per heavy atom. The molecule has 1 aliphatic rings. The molecule has 1 N–H and O–H groups in total. The number of fused-ring (bicyclic) bond motifs is 1. The van der Waals surface area contributed by atoms with Crippen LogP contribution < -0.4 is 5.32 Å². The largest absolute Gasteiger partial charge is 0.309 e. The summed E-state index contributed by atoms with van der Waals surface area (Å²) in [5, 5.41) is 8.01. The molecule has 0 aliphatic carbocycles. The zero-order chi connectivity index (χ0) is 11.1. The zero-order valence-corrected chi connectivity index (χ0v) is 9.70. The third-order valence-corrected chi connectivity index (χ3v) is 3.16. The molecule has 2 aromatic heterocycles. The maximum atomic E-state index is 4.65. The van der Waals surface area contributed by atoms with Gasteiger partial charge in [-0.1, -0.05) is 0 Å². The molecule has 0 amide bonds. The van der Waals surface area contributed by atoms with Gasteiger partial charge in [0.1, 0.15) is 0 Å². The van der Waals surface area contributed by atoms with Crippen LogP contribution in [0.25, 0.3) is 5.82 Å². The Balaban J connectivity index is 2.10. The van der Waals surface area contributed by atoms with Gasteiger partial charge in [0.25, 0.3) is 0 Å². The van der Waals surface area contributed by atoms with E-state index >= 15 is 0 Å². The second-order valence-corrected chi connectivity index (χ2v) is 4.35. The SMILES string of the molecule is Cc1ccc(C)n1-c1cc2n(n1)CCNC2. The summed E-state index contributed by atoms with van der Waals surface area (Å²) in [6, 6.07) is 6.43. The number of rotatable bonds is 1. The molecular weight excluding hydrogens is 200 g/mol. The Morgan fingerprint density at radius 1 is 1.25 bits per heavy atom. The van der Waals surface area contributed by atoms with Crippen molar-refractivity contribution in [3.8, 4) is 5.82 Å². The van der Waals surface area contributed by atoms with E-state index in [2.05, 4.69) is 51.7 Å². The first kappa shape index (κ1) is 9.66. The van der Waals surface area contributed by atoms with E-state index in [0.29, 0.717) is 0 Å². The molecule has 4 nitrogen and oxygen atoms in total. The predicted octanol–water partition coefficient (Wildman–Crippen LogP) is 1.39. The average Bonchev–Trinajstić information content (AvgIpc) is 2.82. The van der Waals surface area contributed by atoms with Gasteiger partial charge >= 0.3 is 0 Å².